The molecule has 1 saturated carbocycles. The second-order valence-electron chi connectivity index (χ2n) is 14.0. The zero-order valence-corrected chi connectivity index (χ0v) is 26.9. The van der Waals surface area contributed by atoms with Crippen molar-refractivity contribution in [3.05, 3.63) is 45.8 Å². The first kappa shape index (κ1) is 29.2. The van der Waals surface area contributed by atoms with E-state index in [1.807, 2.05) is 4.90 Å². The van der Waals surface area contributed by atoms with Gasteiger partial charge in [0.05, 0.1) is 30.2 Å². The second kappa shape index (κ2) is 11.4. The zero-order valence-electron chi connectivity index (χ0n) is 26.1. The number of ether oxygens (including phenoxy) is 1. The molecule has 2 bridgehead atoms. The predicted molar refractivity (Wildman–Crippen MR) is 173 cm³/mol. The van der Waals surface area contributed by atoms with Crippen molar-refractivity contribution in [1.29, 1.82) is 0 Å². The Morgan fingerprint density at radius 2 is 1.79 bits per heavy atom. The molecule has 7 rings (SSSR count). The molecule has 3 aliphatic heterocycles. The molecule has 3 saturated heterocycles. The summed E-state index contributed by atoms with van der Waals surface area (Å²) in [4.78, 5) is 37.7. The third-order valence-corrected chi connectivity index (χ3v) is 12.1. The van der Waals surface area contributed by atoms with Gasteiger partial charge in [0.25, 0.3) is 0 Å². The molecule has 5 heterocycles. The summed E-state index contributed by atoms with van der Waals surface area (Å²) in [5.74, 6) is 1.42. The average molecular weight is 603 g/mol. The standard InChI is InChI=1S/C35H46N4O3S/c1-21-15-22(2)17-25(16-21)31-26(8-10-38-9-7-24(20-38)34(41)39-11-13-42-14-12-39)27-18-29(43-33(27)37-31)35(3,4)32(40)30-23-5-6-28(30)36-19-23/h15-18,23-24,28,30,36-37H,5-14,19-20H2,1-4H3. The summed E-state index contributed by atoms with van der Waals surface area (Å²) in [6.07, 6.45) is 4.14. The number of aryl methyl sites for hydroxylation is 2. The number of fused-ring (bicyclic) bond motifs is 3. The van der Waals surface area contributed by atoms with Crippen molar-refractivity contribution in [2.45, 2.75) is 64.8 Å². The number of Topliss-reactive ketones (excluding diaryl/α,β-unsaturated/α-hetero) is 1. The lowest BCUT2D eigenvalue weighted by Gasteiger charge is -2.29. The highest BCUT2D eigenvalue weighted by Crippen LogP contribution is 2.45. The van der Waals surface area contributed by atoms with E-state index in [-0.39, 0.29) is 11.8 Å². The summed E-state index contributed by atoms with van der Waals surface area (Å²) in [5.41, 5.74) is 5.76. The number of H-pyrrole nitrogens is 1. The van der Waals surface area contributed by atoms with Gasteiger partial charge in [-0.2, -0.15) is 0 Å². The fourth-order valence-corrected chi connectivity index (χ4v) is 9.49. The molecule has 2 N–H and O–H groups in total. The van der Waals surface area contributed by atoms with Crippen LogP contribution in [0.2, 0.25) is 0 Å². The monoisotopic (exact) mass is 602 g/mol. The number of carbonyl (C=O) groups excluding carboxylic acids is 2. The van der Waals surface area contributed by atoms with Gasteiger partial charge in [0.2, 0.25) is 5.91 Å². The van der Waals surface area contributed by atoms with Crippen LogP contribution in [0.4, 0.5) is 0 Å². The van der Waals surface area contributed by atoms with Gasteiger partial charge in [0.15, 0.2) is 0 Å². The van der Waals surface area contributed by atoms with Crippen molar-refractivity contribution >= 4 is 33.2 Å². The first-order valence-electron chi connectivity index (χ1n) is 16.3. The Bertz CT molecular complexity index is 1490. The van der Waals surface area contributed by atoms with Crippen molar-refractivity contribution in [3.63, 3.8) is 0 Å². The number of benzene rings is 1. The van der Waals surface area contributed by atoms with Crippen LogP contribution in [0.5, 0.6) is 0 Å². The number of hydrogen-bond acceptors (Lipinski definition) is 6. The Balaban J connectivity index is 1.15. The number of aromatic nitrogens is 1. The number of rotatable bonds is 8. The lowest BCUT2D eigenvalue weighted by Crippen LogP contribution is -2.44. The Labute approximate surface area is 259 Å². The number of amides is 1. The minimum absolute atomic E-state index is 0.0863. The molecular weight excluding hydrogens is 556 g/mol. The minimum atomic E-state index is -0.512. The zero-order chi connectivity index (χ0) is 29.9. The van der Waals surface area contributed by atoms with Crippen LogP contribution in [0.25, 0.3) is 21.5 Å². The second-order valence-corrected chi connectivity index (χ2v) is 15.1. The van der Waals surface area contributed by atoms with Gasteiger partial charge in [0.1, 0.15) is 10.6 Å². The van der Waals surface area contributed by atoms with Crippen LogP contribution >= 0.6 is 11.3 Å². The molecule has 0 spiro atoms. The van der Waals surface area contributed by atoms with Gasteiger partial charge in [-0.05, 0) is 102 Å². The number of nitrogens with zero attached hydrogens (tertiary/aromatic N) is 2. The molecule has 1 amide bonds. The summed E-state index contributed by atoms with van der Waals surface area (Å²) >= 11 is 1.76. The third kappa shape index (κ3) is 5.39. The first-order valence-corrected chi connectivity index (χ1v) is 17.1. The van der Waals surface area contributed by atoms with Gasteiger partial charge in [-0.3, -0.25) is 9.59 Å². The van der Waals surface area contributed by atoms with E-state index in [9.17, 15) is 9.59 Å². The third-order valence-electron chi connectivity index (χ3n) is 10.7. The van der Waals surface area contributed by atoms with Gasteiger partial charge in [0, 0.05) is 48.4 Å². The molecule has 3 aromatic rings. The summed E-state index contributed by atoms with van der Waals surface area (Å²) in [6, 6.07) is 9.44. The highest BCUT2D eigenvalue weighted by molar-refractivity contribution is 7.19. The van der Waals surface area contributed by atoms with E-state index in [2.05, 4.69) is 67.2 Å². The van der Waals surface area contributed by atoms with E-state index >= 15 is 0 Å². The number of carbonyl (C=O) groups is 2. The van der Waals surface area contributed by atoms with Gasteiger partial charge in [-0.1, -0.05) is 17.2 Å². The van der Waals surface area contributed by atoms with Crippen LogP contribution < -0.4 is 5.32 Å². The maximum atomic E-state index is 14.0. The lowest BCUT2D eigenvalue weighted by atomic mass is 9.76. The highest BCUT2D eigenvalue weighted by atomic mass is 32.1. The van der Waals surface area contributed by atoms with Crippen LogP contribution in [0.15, 0.2) is 24.3 Å². The van der Waals surface area contributed by atoms with E-state index in [0.717, 1.165) is 55.1 Å². The molecular formula is C35H46N4O3S. The topological polar surface area (TPSA) is 77.7 Å². The lowest BCUT2D eigenvalue weighted by molar-refractivity contribution is -0.139. The fraction of sp³-hybridized carbons (Fsp3) is 0.600. The Morgan fingerprint density at radius 3 is 2.47 bits per heavy atom. The molecule has 230 valence electrons. The van der Waals surface area contributed by atoms with Crippen molar-refractivity contribution in [2.75, 3.05) is 52.5 Å². The van der Waals surface area contributed by atoms with Crippen LogP contribution in [0.1, 0.15) is 54.7 Å². The molecule has 1 aromatic carbocycles. The van der Waals surface area contributed by atoms with E-state index in [4.69, 9.17) is 4.74 Å². The van der Waals surface area contributed by atoms with Gasteiger partial charge < -0.3 is 24.8 Å². The SMILES string of the molecule is Cc1cc(C)cc(-c2[nH]c3sc(C(C)(C)C(=O)C4C5CCC4NC5)cc3c2CCN2CCC(C(=O)N3CCOCC3)C2)c1. The Kier molecular flexibility index (Phi) is 7.77. The number of aromatic amines is 1. The van der Waals surface area contributed by atoms with Crippen LogP contribution in [-0.2, 0) is 26.2 Å². The summed E-state index contributed by atoms with van der Waals surface area (Å²) in [7, 11) is 0. The quantitative estimate of drug-likeness (QED) is 0.376. The van der Waals surface area contributed by atoms with Gasteiger partial charge in [-0.15, -0.1) is 11.3 Å². The van der Waals surface area contributed by atoms with Crippen LogP contribution in [-0.4, -0.2) is 85.0 Å². The van der Waals surface area contributed by atoms with E-state index in [0.29, 0.717) is 50.0 Å². The normalized spacial score (nSPS) is 26.2. The minimum Gasteiger partial charge on any atom is -0.378 e. The Hall–Kier alpha value is -2.52. The van der Waals surface area contributed by atoms with E-state index in [1.165, 1.54) is 39.8 Å². The largest absolute Gasteiger partial charge is 0.378 e. The number of ketones is 1. The van der Waals surface area contributed by atoms with Gasteiger partial charge in [-0.25, -0.2) is 0 Å². The number of thiophene rings is 1. The summed E-state index contributed by atoms with van der Waals surface area (Å²) in [6.45, 7) is 15.0. The molecule has 43 heavy (non-hydrogen) atoms. The average Bonchev–Trinajstić information content (AvgIpc) is 3.82. The molecule has 4 fully saturated rings. The van der Waals surface area contributed by atoms with E-state index < -0.39 is 5.41 Å². The molecule has 4 atom stereocenters. The number of likely N-dealkylation sites (tertiary alicyclic amines) is 1. The molecule has 4 aliphatic rings. The number of hydrogen-bond donors (Lipinski definition) is 2. The van der Waals surface area contributed by atoms with Crippen molar-refractivity contribution in [1.82, 2.24) is 20.1 Å². The number of morpholine rings is 1. The predicted octanol–water partition coefficient (Wildman–Crippen LogP) is 5.08. The van der Waals surface area contributed by atoms with Crippen LogP contribution in [0, 0.1) is 31.6 Å². The maximum absolute atomic E-state index is 14.0. The molecule has 2 aromatic heterocycles. The molecule has 0 radical (unpaired) electrons. The van der Waals surface area contributed by atoms with Gasteiger partial charge >= 0.3 is 0 Å². The molecule has 8 heteroatoms. The maximum Gasteiger partial charge on any atom is 0.227 e. The number of piperidine rings is 1. The molecule has 4 unspecified atom stereocenters. The molecule has 1 aliphatic carbocycles. The molecule has 7 nitrogen and oxygen atoms in total. The summed E-state index contributed by atoms with van der Waals surface area (Å²) in [5, 5.41) is 4.84. The Morgan fingerprint density at radius 1 is 1.02 bits per heavy atom. The number of nitrogens with one attached hydrogen (secondary N) is 2. The summed E-state index contributed by atoms with van der Waals surface area (Å²) < 4.78 is 5.46. The van der Waals surface area contributed by atoms with E-state index in [1.54, 1.807) is 11.3 Å². The van der Waals surface area contributed by atoms with Crippen molar-refractivity contribution in [3.8, 4) is 11.3 Å². The highest BCUT2D eigenvalue weighted by Gasteiger charge is 2.50. The fourth-order valence-electron chi connectivity index (χ4n) is 8.29. The first-order chi connectivity index (χ1) is 20.7. The van der Waals surface area contributed by atoms with Crippen molar-refractivity contribution < 1.29 is 14.3 Å². The van der Waals surface area contributed by atoms with Crippen LogP contribution in [0.3, 0.4) is 0 Å². The smallest absolute Gasteiger partial charge is 0.227 e. The van der Waals surface area contributed by atoms with Crippen molar-refractivity contribution in [2.24, 2.45) is 17.8 Å².